The highest BCUT2D eigenvalue weighted by Crippen LogP contribution is 2.18. The van der Waals surface area contributed by atoms with Crippen molar-refractivity contribution in [3.63, 3.8) is 0 Å². The van der Waals surface area contributed by atoms with Crippen molar-refractivity contribution in [1.82, 2.24) is 4.90 Å². The number of nitrogens with zero attached hydrogens (tertiary/aromatic N) is 2. The van der Waals surface area contributed by atoms with Gasteiger partial charge in [-0.05, 0) is 23.8 Å². The molecule has 0 saturated heterocycles. The Kier molecular flexibility index (Phi) is 5.97. The molecule has 126 valence electrons. The van der Waals surface area contributed by atoms with Gasteiger partial charge in [0.2, 0.25) is 0 Å². The van der Waals surface area contributed by atoms with Gasteiger partial charge in [0.05, 0.1) is 11.5 Å². The molecular formula is C16H15ClN2O5. The summed E-state index contributed by atoms with van der Waals surface area (Å²) in [5.74, 6) is 0.545. The van der Waals surface area contributed by atoms with Crippen molar-refractivity contribution >= 4 is 23.4 Å². The van der Waals surface area contributed by atoms with Gasteiger partial charge in [-0.1, -0.05) is 29.8 Å². The lowest BCUT2D eigenvalue weighted by molar-refractivity contribution is -0.384. The van der Waals surface area contributed by atoms with Crippen molar-refractivity contribution < 1.29 is 19.6 Å². The first-order valence-electron chi connectivity index (χ1n) is 7.05. The molecule has 0 saturated carbocycles. The summed E-state index contributed by atoms with van der Waals surface area (Å²) in [6, 6.07) is 12.7. The summed E-state index contributed by atoms with van der Waals surface area (Å²) in [7, 11) is 0. The highest BCUT2D eigenvalue weighted by molar-refractivity contribution is 6.30. The van der Waals surface area contributed by atoms with Gasteiger partial charge in [0.25, 0.3) is 5.69 Å². The van der Waals surface area contributed by atoms with Gasteiger partial charge in [-0.3, -0.25) is 10.1 Å². The molecule has 0 bridgehead atoms. The molecular weight excluding hydrogens is 336 g/mol. The van der Waals surface area contributed by atoms with Crippen LogP contribution in [0.2, 0.25) is 5.02 Å². The quantitative estimate of drug-likeness (QED) is 0.605. The monoisotopic (exact) mass is 350 g/mol. The lowest BCUT2D eigenvalue weighted by Crippen LogP contribution is -2.32. The minimum atomic E-state index is -1.13. The van der Waals surface area contributed by atoms with Crippen LogP contribution in [0.25, 0.3) is 0 Å². The second-order valence-corrected chi connectivity index (χ2v) is 5.37. The number of ether oxygens (including phenoxy) is 1. The van der Waals surface area contributed by atoms with Gasteiger partial charge in [-0.15, -0.1) is 0 Å². The molecule has 0 spiro atoms. The number of amides is 1. The summed E-state index contributed by atoms with van der Waals surface area (Å²) < 4.78 is 5.47. The van der Waals surface area contributed by atoms with Gasteiger partial charge in [-0.2, -0.15) is 0 Å². The van der Waals surface area contributed by atoms with Gasteiger partial charge in [0.1, 0.15) is 12.4 Å². The summed E-state index contributed by atoms with van der Waals surface area (Å²) in [5.41, 5.74) is 0.461. The van der Waals surface area contributed by atoms with E-state index in [0.29, 0.717) is 16.3 Å². The van der Waals surface area contributed by atoms with Crippen molar-refractivity contribution in [2.24, 2.45) is 0 Å². The number of nitro benzene ring substituents is 1. The summed E-state index contributed by atoms with van der Waals surface area (Å²) in [5, 5.41) is 20.6. The first-order chi connectivity index (χ1) is 11.5. The topological polar surface area (TPSA) is 92.9 Å². The molecule has 0 aromatic heterocycles. The van der Waals surface area contributed by atoms with Crippen LogP contribution in [0.3, 0.4) is 0 Å². The van der Waals surface area contributed by atoms with E-state index in [1.807, 2.05) is 0 Å². The number of carboxylic acid groups (broad SMARTS) is 1. The molecule has 2 rings (SSSR count). The Morgan fingerprint density at radius 1 is 1.25 bits per heavy atom. The largest absolute Gasteiger partial charge is 0.492 e. The summed E-state index contributed by atoms with van der Waals surface area (Å²) in [4.78, 5) is 22.7. The molecule has 24 heavy (non-hydrogen) atoms. The lowest BCUT2D eigenvalue weighted by Gasteiger charge is -2.19. The Labute approximate surface area is 143 Å². The minimum absolute atomic E-state index is 0.0376. The van der Waals surface area contributed by atoms with E-state index in [1.165, 1.54) is 18.2 Å². The third kappa shape index (κ3) is 5.13. The first-order valence-corrected chi connectivity index (χ1v) is 7.43. The van der Waals surface area contributed by atoms with Gasteiger partial charge in [0, 0.05) is 23.7 Å². The van der Waals surface area contributed by atoms with Gasteiger partial charge >= 0.3 is 6.09 Å². The maximum absolute atomic E-state index is 11.3. The zero-order valence-corrected chi connectivity index (χ0v) is 13.3. The van der Waals surface area contributed by atoms with Crippen molar-refractivity contribution in [3.8, 4) is 5.75 Å². The van der Waals surface area contributed by atoms with E-state index in [1.54, 1.807) is 30.3 Å². The number of hydrogen-bond acceptors (Lipinski definition) is 4. The van der Waals surface area contributed by atoms with Crippen molar-refractivity contribution in [2.45, 2.75) is 6.54 Å². The smallest absolute Gasteiger partial charge is 0.407 e. The molecule has 0 heterocycles. The van der Waals surface area contributed by atoms with E-state index in [2.05, 4.69) is 0 Å². The molecule has 1 amide bonds. The molecule has 2 aromatic carbocycles. The molecule has 0 atom stereocenters. The Bertz CT molecular complexity index is 738. The number of carbonyl (C=O) groups is 1. The Morgan fingerprint density at radius 2 is 2.00 bits per heavy atom. The number of benzene rings is 2. The minimum Gasteiger partial charge on any atom is -0.492 e. The van der Waals surface area contributed by atoms with Gasteiger partial charge in [0.15, 0.2) is 0 Å². The molecule has 7 nitrogen and oxygen atoms in total. The number of nitro groups is 1. The highest BCUT2D eigenvalue weighted by Gasteiger charge is 2.14. The zero-order chi connectivity index (χ0) is 17.5. The average Bonchev–Trinajstić information content (AvgIpc) is 2.54. The predicted octanol–water partition coefficient (Wildman–Crippen LogP) is 3.81. The maximum atomic E-state index is 11.3. The van der Waals surface area contributed by atoms with Crippen LogP contribution in [0.1, 0.15) is 5.56 Å². The van der Waals surface area contributed by atoms with Crippen LogP contribution < -0.4 is 4.74 Å². The first kappa shape index (κ1) is 17.6. The molecule has 2 aromatic rings. The second-order valence-electron chi connectivity index (χ2n) is 4.94. The van der Waals surface area contributed by atoms with E-state index in [0.717, 1.165) is 4.90 Å². The van der Waals surface area contributed by atoms with E-state index in [-0.39, 0.29) is 25.4 Å². The number of non-ortho nitro benzene ring substituents is 1. The number of halogens is 1. The fourth-order valence-electron chi connectivity index (χ4n) is 2.06. The van der Waals surface area contributed by atoms with Crippen LogP contribution in [0.4, 0.5) is 10.5 Å². The molecule has 0 aliphatic heterocycles. The molecule has 0 aliphatic rings. The van der Waals surface area contributed by atoms with Crippen molar-refractivity contribution in [1.29, 1.82) is 0 Å². The van der Waals surface area contributed by atoms with Gasteiger partial charge < -0.3 is 14.7 Å². The Hall–Kier alpha value is -2.80. The summed E-state index contributed by atoms with van der Waals surface area (Å²) in [6.45, 7) is 0.294. The van der Waals surface area contributed by atoms with E-state index >= 15 is 0 Å². The van der Waals surface area contributed by atoms with Crippen LogP contribution >= 0.6 is 11.6 Å². The number of hydrogen-bond donors (Lipinski definition) is 1. The molecule has 0 radical (unpaired) electrons. The third-order valence-electron chi connectivity index (χ3n) is 3.19. The fraction of sp³-hybridized carbons (Fsp3) is 0.188. The molecule has 0 unspecified atom stereocenters. The highest BCUT2D eigenvalue weighted by atomic mass is 35.5. The van der Waals surface area contributed by atoms with E-state index in [9.17, 15) is 20.0 Å². The molecule has 0 fully saturated rings. The van der Waals surface area contributed by atoms with Crippen LogP contribution in [-0.2, 0) is 6.54 Å². The van der Waals surface area contributed by atoms with Crippen molar-refractivity contribution in [3.05, 3.63) is 69.2 Å². The van der Waals surface area contributed by atoms with Crippen LogP contribution in [0.5, 0.6) is 5.75 Å². The molecule has 1 N–H and O–H groups in total. The van der Waals surface area contributed by atoms with Crippen LogP contribution in [-0.4, -0.2) is 34.2 Å². The standard InChI is InChI=1S/C16H15ClN2O5/c17-13-4-2-6-15(10-13)24-8-7-18(16(20)21)11-12-3-1-5-14(9-12)19(22)23/h1-6,9-10H,7-8,11H2,(H,20,21). The third-order valence-corrected chi connectivity index (χ3v) is 3.43. The Morgan fingerprint density at radius 3 is 2.67 bits per heavy atom. The van der Waals surface area contributed by atoms with E-state index in [4.69, 9.17) is 16.3 Å². The fourth-order valence-corrected chi connectivity index (χ4v) is 2.24. The SMILES string of the molecule is O=C(O)N(CCOc1cccc(Cl)c1)Cc1cccc([N+](=O)[O-])c1. The van der Waals surface area contributed by atoms with Crippen LogP contribution in [0.15, 0.2) is 48.5 Å². The maximum Gasteiger partial charge on any atom is 0.407 e. The predicted molar refractivity (Wildman–Crippen MR) is 88.5 cm³/mol. The Balaban J connectivity index is 1.96. The number of rotatable bonds is 7. The summed E-state index contributed by atoms with van der Waals surface area (Å²) >= 11 is 5.84. The molecule has 0 aliphatic carbocycles. The molecule has 8 heteroatoms. The van der Waals surface area contributed by atoms with Crippen LogP contribution in [0, 0.1) is 10.1 Å². The van der Waals surface area contributed by atoms with E-state index < -0.39 is 11.0 Å². The summed E-state index contributed by atoms with van der Waals surface area (Å²) in [6.07, 6.45) is -1.13. The lowest BCUT2D eigenvalue weighted by atomic mass is 10.2. The van der Waals surface area contributed by atoms with Crippen molar-refractivity contribution in [2.75, 3.05) is 13.2 Å². The van der Waals surface area contributed by atoms with Gasteiger partial charge in [-0.25, -0.2) is 4.79 Å². The average molecular weight is 351 g/mol. The zero-order valence-electron chi connectivity index (χ0n) is 12.6. The normalized spacial score (nSPS) is 10.2. The second kappa shape index (κ2) is 8.16.